The van der Waals surface area contributed by atoms with Crippen molar-refractivity contribution in [1.82, 2.24) is 4.98 Å². The number of aromatic nitrogens is 1. The Morgan fingerprint density at radius 3 is 2.79 bits per heavy atom. The van der Waals surface area contributed by atoms with Gasteiger partial charge in [0.1, 0.15) is 5.69 Å². The highest BCUT2D eigenvalue weighted by Crippen LogP contribution is 2.31. The molecule has 144 valence electrons. The minimum absolute atomic E-state index is 0.298. The molecule has 0 unspecified atom stereocenters. The molecule has 1 aromatic carbocycles. The minimum Gasteiger partial charge on any atom is -0.465 e. The number of carbonyl (C=O) groups excluding carboxylic acids is 2. The average molecular weight is 397 g/mol. The summed E-state index contributed by atoms with van der Waals surface area (Å²) in [4.78, 5) is 31.3. The van der Waals surface area contributed by atoms with Gasteiger partial charge in [0.05, 0.1) is 30.3 Å². The lowest BCUT2D eigenvalue weighted by Gasteiger charge is -2.22. The van der Waals surface area contributed by atoms with Gasteiger partial charge in [-0.1, -0.05) is 0 Å². The number of methoxy groups -OCH3 is 1. The van der Waals surface area contributed by atoms with Gasteiger partial charge in [0.15, 0.2) is 10.8 Å². The van der Waals surface area contributed by atoms with Crippen LogP contribution < -0.4 is 10.2 Å². The lowest BCUT2D eigenvalue weighted by Crippen LogP contribution is -2.21. The number of nitrogens with zero attached hydrogens (tertiary/aromatic N) is 2. The monoisotopic (exact) mass is 397 g/mol. The van der Waals surface area contributed by atoms with Crippen LogP contribution in [0.4, 0.5) is 11.4 Å². The third-order valence-electron chi connectivity index (χ3n) is 4.58. The summed E-state index contributed by atoms with van der Waals surface area (Å²) in [5, 5.41) is 5.23. The molecule has 1 aliphatic heterocycles. The number of benzene rings is 1. The van der Waals surface area contributed by atoms with Gasteiger partial charge in [-0.3, -0.25) is 4.79 Å². The first kappa shape index (κ1) is 18.2. The molecule has 7 nitrogen and oxygen atoms in total. The number of furan rings is 1. The molecule has 3 heterocycles. The van der Waals surface area contributed by atoms with E-state index in [1.54, 1.807) is 35.9 Å². The third kappa shape index (κ3) is 3.63. The molecule has 0 aliphatic carbocycles. The van der Waals surface area contributed by atoms with E-state index in [1.807, 2.05) is 6.07 Å². The summed E-state index contributed by atoms with van der Waals surface area (Å²) in [6.45, 7) is 1.83. The molecule has 1 N–H and O–H groups in total. The van der Waals surface area contributed by atoms with Crippen LogP contribution >= 0.6 is 11.3 Å². The molecule has 1 saturated heterocycles. The molecule has 3 aromatic rings. The van der Waals surface area contributed by atoms with Crippen molar-refractivity contribution in [1.29, 1.82) is 0 Å². The van der Waals surface area contributed by atoms with Crippen molar-refractivity contribution in [2.45, 2.75) is 12.8 Å². The number of rotatable bonds is 5. The first-order valence-corrected chi connectivity index (χ1v) is 9.82. The standard InChI is InChI=1S/C20H19N3O4S/c1-26-20(25)13-6-7-16(23-8-2-3-9-23)14(11-13)21-18(24)15-12-28-19(22-15)17-5-4-10-27-17/h4-7,10-12H,2-3,8-9H2,1H3,(H,21,24). The Morgan fingerprint density at radius 1 is 1.25 bits per heavy atom. The van der Waals surface area contributed by atoms with E-state index in [9.17, 15) is 9.59 Å². The van der Waals surface area contributed by atoms with Crippen LogP contribution in [0.2, 0.25) is 0 Å². The van der Waals surface area contributed by atoms with E-state index in [2.05, 4.69) is 15.2 Å². The van der Waals surface area contributed by atoms with Crippen molar-refractivity contribution in [2.24, 2.45) is 0 Å². The Labute approximate surface area is 165 Å². The zero-order valence-corrected chi connectivity index (χ0v) is 16.1. The highest BCUT2D eigenvalue weighted by molar-refractivity contribution is 7.13. The van der Waals surface area contributed by atoms with Crippen LogP contribution in [0.3, 0.4) is 0 Å². The molecule has 4 rings (SSSR count). The molecular weight excluding hydrogens is 378 g/mol. The summed E-state index contributed by atoms with van der Waals surface area (Å²) in [6, 6.07) is 8.79. The van der Waals surface area contributed by atoms with Crippen molar-refractivity contribution in [3.8, 4) is 10.8 Å². The molecular formula is C20H19N3O4S. The number of carbonyl (C=O) groups is 2. The number of thiazole rings is 1. The maximum absolute atomic E-state index is 12.8. The van der Waals surface area contributed by atoms with E-state index in [-0.39, 0.29) is 5.91 Å². The second-order valence-corrected chi connectivity index (χ2v) is 7.25. The molecule has 0 bridgehead atoms. The van der Waals surface area contributed by atoms with Crippen LogP contribution in [-0.4, -0.2) is 37.1 Å². The van der Waals surface area contributed by atoms with Crippen molar-refractivity contribution in [2.75, 3.05) is 30.4 Å². The summed E-state index contributed by atoms with van der Waals surface area (Å²) >= 11 is 1.34. The molecule has 2 aromatic heterocycles. The predicted molar refractivity (Wildman–Crippen MR) is 107 cm³/mol. The van der Waals surface area contributed by atoms with Gasteiger partial charge >= 0.3 is 5.97 Å². The maximum Gasteiger partial charge on any atom is 0.337 e. The van der Waals surface area contributed by atoms with E-state index in [0.29, 0.717) is 27.7 Å². The van der Waals surface area contributed by atoms with E-state index < -0.39 is 5.97 Å². The van der Waals surface area contributed by atoms with Crippen molar-refractivity contribution in [3.63, 3.8) is 0 Å². The fourth-order valence-electron chi connectivity index (χ4n) is 3.19. The lowest BCUT2D eigenvalue weighted by molar-refractivity contribution is 0.0600. The van der Waals surface area contributed by atoms with Crippen LogP contribution in [0.15, 0.2) is 46.4 Å². The number of hydrogen-bond acceptors (Lipinski definition) is 7. The van der Waals surface area contributed by atoms with Crippen molar-refractivity contribution < 1.29 is 18.7 Å². The zero-order valence-electron chi connectivity index (χ0n) is 15.3. The Kier molecular flexibility index (Phi) is 5.12. The first-order valence-electron chi connectivity index (χ1n) is 8.94. The fourth-order valence-corrected chi connectivity index (χ4v) is 3.96. The largest absolute Gasteiger partial charge is 0.465 e. The van der Waals surface area contributed by atoms with Crippen LogP contribution in [0.5, 0.6) is 0 Å². The molecule has 0 radical (unpaired) electrons. The number of amides is 1. The maximum atomic E-state index is 12.8. The number of anilines is 2. The number of nitrogens with one attached hydrogen (secondary N) is 1. The molecule has 8 heteroatoms. The Bertz CT molecular complexity index is 991. The highest BCUT2D eigenvalue weighted by Gasteiger charge is 2.21. The summed E-state index contributed by atoms with van der Waals surface area (Å²) < 4.78 is 10.1. The molecule has 1 fully saturated rings. The minimum atomic E-state index is -0.447. The first-order chi connectivity index (χ1) is 13.7. The van der Waals surface area contributed by atoms with E-state index >= 15 is 0 Å². The Balaban J connectivity index is 1.61. The van der Waals surface area contributed by atoms with Crippen LogP contribution in [0, 0.1) is 0 Å². The highest BCUT2D eigenvalue weighted by atomic mass is 32.1. The van der Waals surface area contributed by atoms with Gasteiger partial charge in [-0.15, -0.1) is 11.3 Å². The topological polar surface area (TPSA) is 84.7 Å². The second-order valence-electron chi connectivity index (χ2n) is 6.39. The lowest BCUT2D eigenvalue weighted by atomic mass is 10.1. The molecule has 1 amide bonds. The van der Waals surface area contributed by atoms with E-state index in [1.165, 1.54) is 18.4 Å². The summed E-state index contributed by atoms with van der Waals surface area (Å²) in [5.74, 6) is -0.164. The molecule has 1 aliphatic rings. The summed E-state index contributed by atoms with van der Waals surface area (Å²) in [6.07, 6.45) is 3.77. The van der Waals surface area contributed by atoms with E-state index in [0.717, 1.165) is 31.6 Å². The van der Waals surface area contributed by atoms with Gasteiger partial charge in [-0.05, 0) is 43.2 Å². The molecule has 0 saturated carbocycles. The van der Waals surface area contributed by atoms with Gasteiger partial charge < -0.3 is 19.4 Å². The van der Waals surface area contributed by atoms with Crippen molar-refractivity contribution in [3.05, 3.63) is 53.2 Å². The molecule has 0 spiro atoms. The smallest absolute Gasteiger partial charge is 0.337 e. The number of hydrogen-bond donors (Lipinski definition) is 1. The van der Waals surface area contributed by atoms with E-state index in [4.69, 9.17) is 9.15 Å². The van der Waals surface area contributed by atoms with Gasteiger partial charge in [0.25, 0.3) is 5.91 Å². The fraction of sp³-hybridized carbons (Fsp3) is 0.250. The number of esters is 1. The van der Waals surface area contributed by atoms with Gasteiger partial charge in [0.2, 0.25) is 0 Å². The quantitative estimate of drug-likeness (QED) is 0.654. The van der Waals surface area contributed by atoms with Crippen LogP contribution in [-0.2, 0) is 4.74 Å². The van der Waals surface area contributed by atoms with Crippen LogP contribution in [0.1, 0.15) is 33.7 Å². The van der Waals surface area contributed by atoms with Gasteiger partial charge in [0, 0.05) is 18.5 Å². The Hall–Kier alpha value is -3.13. The van der Waals surface area contributed by atoms with Crippen LogP contribution in [0.25, 0.3) is 10.8 Å². The molecule has 28 heavy (non-hydrogen) atoms. The second kappa shape index (κ2) is 7.85. The Morgan fingerprint density at radius 2 is 2.07 bits per heavy atom. The summed E-state index contributed by atoms with van der Waals surface area (Å²) in [5.41, 5.74) is 2.14. The number of ether oxygens (including phenoxy) is 1. The predicted octanol–water partition coefficient (Wildman–Crippen LogP) is 4.04. The SMILES string of the molecule is COC(=O)c1ccc(N2CCCC2)c(NC(=O)c2csc(-c3ccco3)n2)c1. The summed E-state index contributed by atoms with van der Waals surface area (Å²) in [7, 11) is 1.33. The van der Waals surface area contributed by atoms with Crippen molar-refractivity contribution >= 4 is 34.6 Å². The van der Waals surface area contributed by atoms with Gasteiger partial charge in [-0.2, -0.15) is 0 Å². The average Bonchev–Trinajstić information content (AvgIpc) is 3.49. The normalized spacial score (nSPS) is 13.5. The zero-order chi connectivity index (χ0) is 19.5. The third-order valence-corrected chi connectivity index (χ3v) is 5.44. The molecule has 0 atom stereocenters. The van der Waals surface area contributed by atoms with Gasteiger partial charge in [-0.25, -0.2) is 9.78 Å².